The smallest absolute Gasteiger partial charge is 0.194 e. The zero-order chi connectivity index (χ0) is 15.7. The van der Waals surface area contributed by atoms with E-state index in [4.69, 9.17) is 4.98 Å². The second kappa shape index (κ2) is 5.63. The maximum Gasteiger partial charge on any atom is 0.194 e. The standard InChI is InChI=1S/C17H25N5/c1-17(2)9-10-22(12-17)16(18-3)19-11-15-20-13-7-5-6-8-14(13)21(15)4/h5-8H,9-12H2,1-4H3,(H,18,19). The van der Waals surface area contributed by atoms with Crippen LogP contribution in [0.1, 0.15) is 26.1 Å². The third-order valence-electron chi connectivity index (χ3n) is 4.47. The van der Waals surface area contributed by atoms with Crippen LogP contribution in [-0.4, -0.2) is 40.5 Å². The monoisotopic (exact) mass is 299 g/mol. The molecule has 0 radical (unpaired) electrons. The van der Waals surface area contributed by atoms with Crippen LogP contribution in [0.3, 0.4) is 0 Å². The molecule has 1 aromatic heterocycles. The van der Waals surface area contributed by atoms with E-state index in [1.807, 2.05) is 19.2 Å². The van der Waals surface area contributed by atoms with Gasteiger partial charge in [-0.2, -0.15) is 0 Å². The molecule has 22 heavy (non-hydrogen) atoms. The lowest BCUT2D eigenvalue weighted by molar-refractivity contribution is 0.370. The number of para-hydroxylation sites is 2. The Kier molecular flexibility index (Phi) is 3.81. The first kappa shape index (κ1) is 14.9. The SMILES string of the molecule is CN=C(NCc1nc2ccccc2n1C)N1CCC(C)(C)C1. The molecule has 2 heterocycles. The van der Waals surface area contributed by atoms with E-state index in [1.54, 1.807) is 0 Å². The summed E-state index contributed by atoms with van der Waals surface area (Å²) in [5.74, 6) is 2.00. The van der Waals surface area contributed by atoms with Crippen molar-refractivity contribution in [2.75, 3.05) is 20.1 Å². The Hall–Kier alpha value is -2.04. The molecule has 2 aromatic rings. The minimum atomic E-state index is 0.371. The summed E-state index contributed by atoms with van der Waals surface area (Å²) in [4.78, 5) is 11.5. The number of rotatable bonds is 2. The number of aliphatic imine (C=N–C) groups is 1. The Bertz CT molecular complexity index is 698. The van der Waals surface area contributed by atoms with E-state index in [1.165, 1.54) is 6.42 Å². The van der Waals surface area contributed by atoms with Crippen molar-refractivity contribution >= 4 is 17.0 Å². The van der Waals surface area contributed by atoms with Crippen LogP contribution in [0.2, 0.25) is 0 Å². The van der Waals surface area contributed by atoms with Crippen LogP contribution in [-0.2, 0) is 13.6 Å². The number of fused-ring (bicyclic) bond motifs is 1. The number of nitrogens with zero attached hydrogens (tertiary/aromatic N) is 4. The third kappa shape index (κ3) is 2.80. The van der Waals surface area contributed by atoms with Crippen molar-refractivity contribution < 1.29 is 0 Å². The molecular weight excluding hydrogens is 274 g/mol. The molecule has 0 unspecified atom stereocenters. The number of benzene rings is 1. The van der Waals surface area contributed by atoms with Crippen LogP contribution in [0.25, 0.3) is 11.0 Å². The van der Waals surface area contributed by atoms with E-state index in [-0.39, 0.29) is 0 Å². The first-order valence-corrected chi connectivity index (χ1v) is 7.86. The van der Waals surface area contributed by atoms with Gasteiger partial charge >= 0.3 is 0 Å². The summed E-state index contributed by atoms with van der Waals surface area (Å²) in [6.07, 6.45) is 1.21. The quantitative estimate of drug-likeness (QED) is 0.684. The second-order valence-corrected chi connectivity index (χ2v) is 6.81. The number of hydrogen-bond donors (Lipinski definition) is 1. The normalized spacial score (nSPS) is 18.2. The van der Waals surface area contributed by atoms with Crippen LogP contribution in [0, 0.1) is 5.41 Å². The summed E-state index contributed by atoms with van der Waals surface area (Å²) in [6, 6.07) is 8.23. The lowest BCUT2D eigenvalue weighted by Gasteiger charge is -2.23. The van der Waals surface area contributed by atoms with Gasteiger partial charge in [-0.1, -0.05) is 26.0 Å². The van der Waals surface area contributed by atoms with E-state index in [0.717, 1.165) is 35.9 Å². The van der Waals surface area contributed by atoms with Crippen molar-refractivity contribution in [3.63, 3.8) is 0 Å². The molecule has 118 valence electrons. The number of likely N-dealkylation sites (tertiary alicyclic amines) is 1. The minimum Gasteiger partial charge on any atom is -0.349 e. The van der Waals surface area contributed by atoms with Gasteiger partial charge in [0.15, 0.2) is 5.96 Å². The highest BCUT2D eigenvalue weighted by atomic mass is 15.3. The molecular formula is C17H25N5. The van der Waals surface area contributed by atoms with Crippen LogP contribution in [0.15, 0.2) is 29.3 Å². The number of guanidine groups is 1. The average Bonchev–Trinajstić information content (AvgIpc) is 3.01. The summed E-state index contributed by atoms with van der Waals surface area (Å²) in [5, 5.41) is 3.46. The zero-order valence-corrected chi connectivity index (χ0v) is 13.9. The van der Waals surface area contributed by atoms with Crippen molar-refractivity contribution in [3.05, 3.63) is 30.1 Å². The summed E-state index contributed by atoms with van der Waals surface area (Å²) in [7, 11) is 3.91. The molecule has 0 aliphatic carbocycles. The molecule has 3 rings (SSSR count). The minimum absolute atomic E-state index is 0.371. The highest BCUT2D eigenvalue weighted by Crippen LogP contribution is 2.28. The topological polar surface area (TPSA) is 45.5 Å². The highest BCUT2D eigenvalue weighted by molar-refractivity contribution is 5.80. The Balaban J connectivity index is 1.71. The molecule has 5 nitrogen and oxygen atoms in total. The Morgan fingerprint density at radius 3 is 2.77 bits per heavy atom. The van der Waals surface area contributed by atoms with Gasteiger partial charge in [0.1, 0.15) is 5.82 Å². The maximum absolute atomic E-state index is 4.70. The van der Waals surface area contributed by atoms with Gasteiger partial charge in [-0.3, -0.25) is 4.99 Å². The number of hydrogen-bond acceptors (Lipinski definition) is 2. The molecule has 0 amide bonds. The number of nitrogens with one attached hydrogen (secondary N) is 1. The Labute approximate surface area is 132 Å². The Morgan fingerprint density at radius 2 is 2.14 bits per heavy atom. The predicted molar refractivity (Wildman–Crippen MR) is 90.9 cm³/mol. The molecule has 0 bridgehead atoms. The van der Waals surface area contributed by atoms with Gasteiger partial charge in [0.2, 0.25) is 0 Å². The van der Waals surface area contributed by atoms with Gasteiger partial charge in [-0.25, -0.2) is 4.98 Å². The predicted octanol–water partition coefficient (Wildman–Crippen LogP) is 2.38. The fourth-order valence-corrected chi connectivity index (χ4v) is 3.14. The van der Waals surface area contributed by atoms with Crippen molar-refractivity contribution in [2.45, 2.75) is 26.8 Å². The van der Waals surface area contributed by atoms with E-state index in [2.05, 4.69) is 52.8 Å². The highest BCUT2D eigenvalue weighted by Gasteiger charge is 2.30. The van der Waals surface area contributed by atoms with Crippen LogP contribution >= 0.6 is 0 Å². The maximum atomic E-state index is 4.70. The van der Waals surface area contributed by atoms with E-state index < -0.39 is 0 Å². The van der Waals surface area contributed by atoms with Crippen molar-refractivity contribution in [3.8, 4) is 0 Å². The van der Waals surface area contributed by atoms with Gasteiger partial charge < -0.3 is 14.8 Å². The van der Waals surface area contributed by atoms with Crippen molar-refractivity contribution in [1.82, 2.24) is 19.8 Å². The first-order chi connectivity index (χ1) is 10.5. The average molecular weight is 299 g/mol. The first-order valence-electron chi connectivity index (χ1n) is 7.86. The van der Waals surface area contributed by atoms with E-state index in [0.29, 0.717) is 12.0 Å². The summed E-state index contributed by atoms with van der Waals surface area (Å²) < 4.78 is 2.14. The van der Waals surface area contributed by atoms with Gasteiger partial charge in [-0.05, 0) is 24.0 Å². The molecule has 5 heteroatoms. The molecule has 1 aromatic carbocycles. The lowest BCUT2D eigenvalue weighted by atomic mass is 9.93. The fraction of sp³-hybridized carbons (Fsp3) is 0.529. The molecule has 0 atom stereocenters. The molecule has 0 spiro atoms. The fourth-order valence-electron chi connectivity index (χ4n) is 3.14. The summed E-state index contributed by atoms with van der Waals surface area (Å²) in [6.45, 7) is 7.43. The lowest BCUT2D eigenvalue weighted by Crippen LogP contribution is -2.40. The molecule has 0 saturated carbocycles. The number of aryl methyl sites for hydroxylation is 1. The van der Waals surface area contributed by atoms with E-state index in [9.17, 15) is 0 Å². The van der Waals surface area contributed by atoms with Gasteiger partial charge in [0, 0.05) is 27.2 Å². The molecule has 1 fully saturated rings. The molecule has 1 aliphatic rings. The summed E-state index contributed by atoms with van der Waals surface area (Å²) >= 11 is 0. The van der Waals surface area contributed by atoms with Crippen LogP contribution in [0.4, 0.5) is 0 Å². The molecule has 1 N–H and O–H groups in total. The number of imidazole rings is 1. The van der Waals surface area contributed by atoms with Crippen molar-refractivity contribution in [2.24, 2.45) is 17.5 Å². The largest absolute Gasteiger partial charge is 0.349 e. The number of aromatic nitrogens is 2. The van der Waals surface area contributed by atoms with Gasteiger partial charge in [-0.15, -0.1) is 0 Å². The zero-order valence-electron chi connectivity index (χ0n) is 13.9. The summed E-state index contributed by atoms with van der Waals surface area (Å²) in [5.41, 5.74) is 2.57. The third-order valence-corrected chi connectivity index (χ3v) is 4.47. The Morgan fingerprint density at radius 1 is 1.36 bits per heavy atom. The van der Waals surface area contributed by atoms with Gasteiger partial charge in [0.25, 0.3) is 0 Å². The van der Waals surface area contributed by atoms with Crippen LogP contribution < -0.4 is 5.32 Å². The van der Waals surface area contributed by atoms with Gasteiger partial charge in [0.05, 0.1) is 17.6 Å². The second-order valence-electron chi connectivity index (χ2n) is 6.81. The van der Waals surface area contributed by atoms with Crippen LogP contribution in [0.5, 0.6) is 0 Å². The molecule has 1 saturated heterocycles. The molecule has 1 aliphatic heterocycles. The van der Waals surface area contributed by atoms with Crippen molar-refractivity contribution in [1.29, 1.82) is 0 Å². The van der Waals surface area contributed by atoms with E-state index >= 15 is 0 Å².